The summed E-state index contributed by atoms with van der Waals surface area (Å²) >= 11 is 0. The Hall–Kier alpha value is -2.33. The smallest absolute Gasteiger partial charge is 0.220 e. The molecule has 28 heavy (non-hydrogen) atoms. The number of carbonyl (C=O) groups excluding carboxylic acids is 1. The van der Waals surface area contributed by atoms with Crippen LogP contribution >= 0.6 is 0 Å². The fraction of sp³-hybridized carbons (Fsp3) is 0.458. The summed E-state index contributed by atoms with van der Waals surface area (Å²) in [6.45, 7) is 1.27. The molecule has 2 bridgehead atoms. The molecule has 0 saturated carbocycles. The Morgan fingerprint density at radius 2 is 1.68 bits per heavy atom. The van der Waals surface area contributed by atoms with E-state index in [1.165, 1.54) is 18.4 Å². The van der Waals surface area contributed by atoms with Gasteiger partial charge < -0.3 is 15.4 Å². The summed E-state index contributed by atoms with van der Waals surface area (Å²) in [6, 6.07) is 19.6. The molecule has 2 atom stereocenters. The van der Waals surface area contributed by atoms with Crippen molar-refractivity contribution in [1.29, 1.82) is 0 Å². The molecule has 2 fully saturated rings. The van der Waals surface area contributed by atoms with Crippen molar-refractivity contribution in [3.05, 3.63) is 65.7 Å². The van der Waals surface area contributed by atoms with E-state index in [1.807, 2.05) is 30.3 Å². The van der Waals surface area contributed by atoms with Gasteiger partial charge in [-0.1, -0.05) is 42.5 Å². The lowest BCUT2D eigenvalue weighted by Crippen LogP contribution is -2.39. The lowest BCUT2D eigenvalue weighted by Gasteiger charge is -2.28. The van der Waals surface area contributed by atoms with Crippen LogP contribution in [0, 0.1) is 5.92 Å². The predicted octanol–water partition coefficient (Wildman–Crippen LogP) is 3.85. The average Bonchev–Trinajstić information content (AvgIpc) is 3.06. The highest BCUT2D eigenvalue weighted by molar-refractivity contribution is 5.76. The van der Waals surface area contributed by atoms with Crippen LogP contribution in [0.3, 0.4) is 0 Å². The zero-order valence-corrected chi connectivity index (χ0v) is 16.4. The first-order chi connectivity index (χ1) is 13.7. The molecule has 4 rings (SSSR count). The third kappa shape index (κ3) is 5.35. The molecule has 1 amide bonds. The quantitative estimate of drug-likeness (QED) is 0.734. The summed E-state index contributed by atoms with van der Waals surface area (Å²) in [6.07, 6.45) is 6.42. The third-order valence-corrected chi connectivity index (χ3v) is 5.95. The summed E-state index contributed by atoms with van der Waals surface area (Å²) in [4.78, 5) is 12.3. The second kappa shape index (κ2) is 9.24. The minimum atomic E-state index is 0.203. The number of ether oxygens (including phenoxy) is 1. The molecule has 2 saturated heterocycles. The Morgan fingerprint density at radius 1 is 0.964 bits per heavy atom. The van der Waals surface area contributed by atoms with E-state index in [9.17, 15) is 4.79 Å². The van der Waals surface area contributed by atoms with Gasteiger partial charge in [0.2, 0.25) is 5.91 Å². The van der Waals surface area contributed by atoms with Gasteiger partial charge >= 0.3 is 0 Å². The molecule has 0 aliphatic carbocycles. The molecule has 148 valence electrons. The number of nitrogens with one attached hydrogen (secondary N) is 2. The van der Waals surface area contributed by atoms with Gasteiger partial charge in [0.15, 0.2) is 0 Å². The van der Waals surface area contributed by atoms with Crippen molar-refractivity contribution < 1.29 is 9.53 Å². The number of amides is 1. The Balaban J connectivity index is 1.15. The van der Waals surface area contributed by atoms with E-state index in [0.717, 1.165) is 30.6 Å². The van der Waals surface area contributed by atoms with E-state index < -0.39 is 0 Å². The predicted molar refractivity (Wildman–Crippen MR) is 111 cm³/mol. The number of piperidine rings is 1. The van der Waals surface area contributed by atoms with Gasteiger partial charge in [-0.15, -0.1) is 0 Å². The number of fused-ring (bicyclic) bond motifs is 2. The van der Waals surface area contributed by atoms with Crippen molar-refractivity contribution in [3.8, 4) is 5.75 Å². The molecule has 2 aromatic carbocycles. The molecule has 0 radical (unpaired) electrons. The zero-order valence-electron chi connectivity index (χ0n) is 16.4. The lowest BCUT2D eigenvalue weighted by molar-refractivity contribution is -0.122. The molecule has 4 nitrogen and oxygen atoms in total. The summed E-state index contributed by atoms with van der Waals surface area (Å²) in [7, 11) is 0. The van der Waals surface area contributed by atoms with E-state index >= 15 is 0 Å². The van der Waals surface area contributed by atoms with Gasteiger partial charge in [0.25, 0.3) is 0 Å². The Labute approximate surface area is 167 Å². The van der Waals surface area contributed by atoms with Crippen LogP contribution in [0.5, 0.6) is 5.75 Å². The van der Waals surface area contributed by atoms with Crippen LogP contribution < -0.4 is 15.4 Å². The zero-order chi connectivity index (χ0) is 19.2. The van der Waals surface area contributed by atoms with Crippen molar-refractivity contribution in [2.45, 2.75) is 57.2 Å². The minimum Gasteiger partial charge on any atom is -0.489 e. The topological polar surface area (TPSA) is 50.4 Å². The molecule has 2 aliphatic rings. The van der Waals surface area contributed by atoms with E-state index in [0.29, 0.717) is 37.6 Å². The van der Waals surface area contributed by atoms with Crippen molar-refractivity contribution in [1.82, 2.24) is 10.6 Å². The van der Waals surface area contributed by atoms with E-state index in [4.69, 9.17) is 4.74 Å². The van der Waals surface area contributed by atoms with Gasteiger partial charge in [0.1, 0.15) is 12.4 Å². The van der Waals surface area contributed by atoms with Gasteiger partial charge in [0, 0.05) is 25.0 Å². The first-order valence-electron chi connectivity index (χ1n) is 10.5. The second-order valence-electron chi connectivity index (χ2n) is 8.20. The number of hydrogen-bond acceptors (Lipinski definition) is 3. The Morgan fingerprint density at radius 3 is 2.39 bits per heavy atom. The summed E-state index contributed by atoms with van der Waals surface area (Å²) in [5, 5.41) is 6.74. The molecular weight excluding hydrogens is 348 g/mol. The van der Waals surface area contributed by atoms with Crippen molar-refractivity contribution in [3.63, 3.8) is 0 Å². The van der Waals surface area contributed by atoms with Gasteiger partial charge in [-0.25, -0.2) is 0 Å². The van der Waals surface area contributed by atoms with E-state index in [1.54, 1.807) is 0 Å². The fourth-order valence-electron chi connectivity index (χ4n) is 4.52. The fourth-order valence-corrected chi connectivity index (χ4v) is 4.52. The normalized spacial score (nSPS) is 23.4. The number of carbonyl (C=O) groups is 1. The molecule has 2 heterocycles. The molecular formula is C24H30N2O2. The van der Waals surface area contributed by atoms with E-state index in [-0.39, 0.29) is 5.91 Å². The van der Waals surface area contributed by atoms with Gasteiger partial charge in [-0.3, -0.25) is 4.79 Å². The van der Waals surface area contributed by atoms with Crippen LogP contribution in [0.25, 0.3) is 0 Å². The number of benzene rings is 2. The van der Waals surface area contributed by atoms with Crippen LogP contribution in [0.4, 0.5) is 0 Å². The molecule has 2 aliphatic heterocycles. The van der Waals surface area contributed by atoms with Crippen LogP contribution in [-0.2, 0) is 17.8 Å². The molecule has 2 aromatic rings. The Kier molecular flexibility index (Phi) is 6.27. The van der Waals surface area contributed by atoms with Crippen LogP contribution in [0.15, 0.2) is 54.6 Å². The SMILES string of the molecule is O=C(CC1CC2CCC(C1)N2)NCCc1ccc(OCc2ccccc2)cc1. The highest BCUT2D eigenvalue weighted by Crippen LogP contribution is 2.32. The third-order valence-electron chi connectivity index (χ3n) is 5.95. The lowest BCUT2D eigenvalue weighted by atomic mass is 9.89. The van der Waals surface area contributed by atoms with Gasteiger partial charge in [0.05, 0.1) is 0 Å². The van der Waals surface area contributed by atoms with Gasteiger partial charge in [-0.05, 0) is 61.3 Å². The number of rotatable bonds is 8. The van der Waals surface area contributed by atoms with Crippen molar-refractivity contribution in [2.75, 3.05) is 6.54 Å². The highest BCUT2D eigenvalue weighted by Gasteiger charge is 2.34. The Bertz CT molecular complexity index is 748. The first kappa shape index (κ1) is 19.0. The van der Waals surface area contributed by atoms with Crippen molar-refractivity contribution >= 4 is 5.91 Å². The molecule has 2 N–H and O–H groups in total. The monoisotopic (exact) mass is 378 g/mol. The molecule has 0 spiro atoms. The van der Waals surface area contributed by atoms with Gasteiger partial charge in [-0.2, -0.15) is 0 Å². The largest absolute Gasteiger partial charge is 0.489 e. The van der Waals surface area contributed by atoms with Crippen LogP contribution in [0.1, 0.15) is 43.2 Å². The standard InChI is InChI=1S/C24H30N2O2/c27-24(16-20-14-21-8-9-22(15-20)26-21)25-13-12-18-6-10-23(11-7-18)28-17-19-4-2-1-3-5-19/h1-7,10-11,20-22,26H,8-9,12-17H2,(H,25,27). The van der Waals surface area contributed by atoms with Crippen molar-refractivity contribution in [2.24, 2.45) is 5.92 Å². The maximum Gasteiger partial charge on any atom is 0.220 e. The van der Waals surface area contributed by atoms with Crippen LogP contribution in [-0.4, -0.2) is 24.5 Å². The van der Waals surface area contributed by atoms with Crippen LogP contribution in [0.2, 0.25) is 0 Å². The maximum atomic E-state index is 12.3. The minimum absolute atomic E-state index is 0.203. The maximum absolute atomic E-state index is 12.3. The molecule has 2 unspecified atom stereocenters. The number of hydrogen-bond donors (Lipinski definition) is 2. The molecule has 4 heteroatoms. The van der Waals surface area contributed by atoms with E-state index in [2.05, 4.69) is 34.9 Å². The average molecular weight is 379 g/mol. The second-order valence-corrected chi connectivity index (χ2v) is 8.20. The summed E-state index contributed by atoms with van der Waals surface area (Å²) < 4.78 is 5.82. The molecule has 0 aromatic heterocycles. The first-order valence-corrected chi connectivity index (χ1v) is 10.5. The summed E-state index contributed by atoms with van der Waals surface area (Å²) in [5.74, 6) is 1.63. The summed E-state index contributed by atoms with van der Waals surface area (Å²) in [5.41, 5.74) is 2.38. The highest BCUT2D eigenvalue weighted by atomic mass is 16.5.